The van der Waals surface area contributed by atoms with Gasteiger partial charge in [-0.25, -0.2) is 0 Å². The van der Waals surface area contributed by atoms with Crippen molar-refractivity contribution in [1.29, 1.82) is 0 Å². The first kappa shape index (κ1) is 21.5. The monoisotopic (exact) mass is 476 g/mol. The summed E-state index contributed by atoms with van der Waals surface area (Å²) in [7, 11) is 2.12. The van der Waals surface area contributed by atoms with Gasteiger partial charge in [-0.05, 0) is 51.4 Å². The van der Waals surface area contributed by atoms with Gasteiger partial charge < -0.3 is 19.4 Å². The maximum Gasteiger partial charge on any atom is 0.193 e. The minimum Gasteiger partial charge on any atom is -0.468 e. The molecule has 2 unspecified atom stereocenters. The number of ether oxygens (including phenoxy) is 1. The fraction of sp³-hybridized carbons (Fsp3) is 0.737. The molecule has 0 radical (unpaired) electrons. The van der Waals surface area contributed by atoms with Gasteiger partial charge in [0.25, 0.3) is 0 Å². The topological polar surface area (TPSA) is 53.2 Å². The predicted octanol–water partition coefficient (Wildman–Crippen LogP) is 2.97. The molecule has 0 saturated carbocycles. The van der Waals surface area contributed by atoms with Crippen molar-refractivity contribution in [1.82, 2.24) is 15.1 Å². The maximum absolute atomic E-state index is 5.71. The summed E-state index contributed by atoms with van der Waals surface area (Å²) >= 11 is 0. The van der Waals surface area contributed by atoms with E-state index in [0.29, 0.717) is 5.92 Å². The van der Waals surface area contributed by atoms with Crippen LogP contribution in [0.2, 0.25) is 0 Å². The largest absolute Gasteiger partial charge is 0.468 e. The summed E-state index contributed by atoms with van der Waals surface area (Å²) in [6.45, 7) is 8.72. The number of likely N-dealkylation sites (tertiary alicyclic amines) is 1. The molecule has 0 bridgehead atoms. The molecule has 6 nitrogen and oxygen atoms in total. The van der Waals surface area contributed by atoms with Crippen LogP contribution in [0.4, 0.5) is 0 Å². The SMILES string of the molecule is CCNC(=NCC(c1ccco1)N1CCCC1)N(C)CC1CCOC1.I. The van der Waals surface area contributed by atoms with Crippen LogP contribution < -0.4 is 5.32 Å². The Bertz CT molecular complexity index is 526. The fourth-order valence-electron chi connectivity index (χ4n) is 3.76. The van der Waals surface area contributed by atoms with Gasteiger partial charge in [0.2, 0.25) is 0 Å². The fourth-order valence-corrected chi connectivity index (χ4v) is 3.76. The van der Waals surface area contributed by atoms with E-state index in [1.165, 1.54) is 12.8 Å². The van der Waals surface area contributed by atoms with Gasteiger partial charge in [0.15, 0.2) is 5.96 Å². The van der Waals surface area contributed by atoms with E-state index in [1.807, 2.05) is 6.07 Å². The van der Waals surface area contributed by atoms with Gasteiger partial charge in [-0.2, -0.15) is 0 Å². The van der Waals surface area contributed by atoms with E-state index in [1.54, 1.807) is 6.26 Å². The zero-order chi connectivity index (χ0) is 17.5. The van der Waals surface area contributed by atoms with Gasteiger partial charge >= 0.3 is 0 Å². The lowest BCUT2D eigenvalue weighted by molar-refractivity contribution is 0.181. The van der Waals surface area contributed by atoms with Crippen LogP contribution in [0.25, 0.3) is 0 Å². The third-order valence-electron chi connectivity index (χ3n) is 5.12. The number of aliphatic imine (C=N–C) groups is 1. The second-order valence-corrected chi connectivity index (χ2v) is 7.08. The van der Waals surface area contributed by atoms with Crippen molar-refractivity contribution >= 4 is 29.9 Å². The molecule has 26 heavy (non-hydrogen) atoms. The smallest absolute Gasteiger partial charge is 0.193 e. The van der Waals surface area contributed by atoms with E-state index in [9.17, 15) is 0 Å². The Kier molecular flexibility index (Phi) is 9.21. The van der Waals surface area contributed by atoms with Crippen LogP contribution in [0, 0.1) is 5.92 Å². The summed E-state index contributed by atoms with van der Waals surface area (Å²) in [5.41, 5.74) is 0. The highest BCUT2D eigenvalue weighted by atomic mass is 127. The second kappa shape index (κ2) is 11.1. The molecular weight excluding hydrogens is 443 g/mol. The average Bonchev–Trinajstić information content (AvgIpc) is 3.37. The molecule has 0 amide bonds. The Hall–Kier alpha value is -0.800. The number of nitrogens with zero attached hydrogens (tertiary/aromatic N) is 3. The molecule has 148 valence electrons. The number of furan rings is 1. The molecule has 0 spiro atoms. The van der Waals surface area contributed by atoms with Crippen LogP contribution in [-0.4, -0.2) is 68.7 Å². The van der Waals surface area contributed by atoms with Crippen molar-refractivity contribution in [2.24, 2.45) is 10.9 Å². The molecule has 2 aliphatic rings. The van der Waals surface area contributed by atoms with Crippen LogP contribution in [0.5, 0.6) is 0 Å². The minimum absolute atomic E-state index is 0. The van der Waals surface area contributed by atoms with Crippen LogP contribution in [-0.2, 0) is 4.74 Å². The molecule has 1 aromatic heterocycles. The lowest BCUT2D eigenvalue weighted by Gasteiger charge is -2.27. The van der Waals surface area contributed by atoms with Crippen LogP contribution >= 0.6 is 24.0 Å². The number of guanidine groups is 1. The van der Waals surface area contributed by atoms with E-state index in [-0.39, 0.29) is 30.0 Å². The molecule has 0 aliphatic carbocycles. The van der Waals surface area contributed by atoms with E-state index < -0.39 is 0 Å². The molecule has 3 heterocycles. The standard InChI is InChI=1S/C19H32N4O2.HI/c1-3-20-19(22(2)14-16-8-12-24-15-16)21-13-17(18-7-6-11-25-18)23-9-4-5-10-23;/h6-7,11,16-17H,3-5,8-10,12-15H2,1-2H3,(H,20,21);1H. The Balaban J connectivity index is 0.00000243. The molecular formula is C19H33IN4O2. The number of rotatable bonds is 7. The molecule has 2 saturated heterocycles. The lowest BCUT2D eigenvalue weighted by atomic mass is 10.1. The first-order valence-electron chi connectivity index (χ1n) is 9.62. The summed E-state index contributed by atoms with van der Waals surface area (Å²) in [6.07, 6.45) is 5.44. The van der Waals surface area contributed by atoms with E-state index in [0.717, 1.165) is 64.1 Å². The number of hydrogen-bond acceptors (Lipinski definition) is 4. The van der Waals surface area contributed by atoms with Crippen molar-refractivity contribution in [3.8, 4) is 0 Å². The number of nitrogens with one attached hydrogen (secondary N) is 1. The van der Waals surface area contributed by atoms with Gasteiger partial charge in [0, 0.05) is 32.7 Å². The summed E-state index contributed by atoms with van der Waals surface area (Å²) in [4.78, 5) is 9.68. The molecule has 2 fully saturated rings. The van der Waals surface area contributed by atoms with Crippen molar-refractivity contribution in [3.63, 3.8) is 0 Å². The Morgan fingerprint density at radius 1 is 1.42 bits per heavy atom. The number of halogens is 1. The van der Waals surface area contributed by atoms with Crippen LogP contribution in [0.1, 0.15) is 38.0 Å². The van der Waals surface area contributed by atoms with Crippen LogP contribution in [0.15, 0.2) is 27.8 Å². The summed E-state index contributed by atoms with van der Waals surface area (Å²) in [6, 6.07) is 4.28. The lowest BCUT2D eigenvalue weighted by Crippen LogP contribution is -2.42. The van der Waals surface area contributed by atoms with Crippen molar-refractivity contribution in [3.05, 3.63) is 24.2 Å². The van der Waals surface area contributed by atoms with Crippen molar-refractivity contribution in [2.75, 3.05) is 53.0 Å². The maximum atomic E-state index is 5.71. The minimum atomic E-state index is 0. The highest BCUT2D eigenvalue weighted by molar-refractivity contribution is 14.0. The Morgan fingerprint density at radius 2 is 2.23 bits per heavy atom. The zero-order valence-corrected chi connectivity index (χ0v) is 18.4. The molecule has 3 rings (SSSR count). The van der Waals surface area contributed by atoms with Crippen molar-refractivity contribution in [2.45, 2.75) is 32.2 Å². The second-order valence-electron chi connectivity index (χ2n) is 7.08. The van der Waals surface area contributed by atoms with Gasteiger partial charge in [-0.1, -0.05) is 0 Å². The third-order valence-corrected chi connectivity index (χ3v) is 5.12. The molecule has 0 aromatic carbocycles. The normalized spacial score (nSPS) is 22.2. The van der Waals surface area contributed by atoms with Gasteiger partial charge in [-0.3, -0.25) is 9.89 Å². The van der Waals surface area contributed by atoms with Crippen LogP contribution in [0.3, 0.4) is 0 Å². The van der Waals surface area contributed by atoms with Gasteiger partial charge in [0.05, 0.1) is 25.5 Å². The van der Waals surface area contributed by atoms with E-state index >= 15 is 0 Å². The van der Waals surface area contributed by atoms with Gasteiger partial charge in [0.1, 0.15) is 5.76 Å². The summed E-state index contributed by atoms with van der Waals surface area (Å²) in [5, 5.41) is 3.43. The molecule has 2 atom stereocenters. The highest BCUT2D eigenvalue weighted by Gasteiger charge is 2.26. The Morgan fingerprint density at radius 3 is 2.85 bits per heavy atom. The quantitative estimate of drug-likeness (QED) is 0.373. The third kappa shape index (κ3) is 5.85. The first-order valence-corrected chi connectivity index (χ1v) is 9.62. The molecule has 1 N–H and O–H groups in total. The average molecular weight is 476 g/mol. The van der Waals surface area contributed by atoms with Crippen molar-refractivity contribution < 1.29 is 9.15 Å². The summed E-state index contributed by atoms with van der Waals surface area (Å²) in [5.74, 6) is 2.60. The molecule has 7 heteroatoms. The van der Waals surface area contributed by atoms with Gasteiger partial charge in [-0.15, -0.1) is 24.0 Å². The first-order chi connectivity index (χ1) is 12.3. The van der Waals surface area contributed by atoms with E-state index in [2.05, 4.69) is 35.2 Å². The molecule has 2 aliphatic heterocycles. The summed E-state index contributed by atoms with van der Waals surface area (Å²) < 4.78 is 11.2. The highest BCUT2D eigenvalue weighted by Crippen LogP contribution is 2.26. The number of hydrogen-bond donors (Lipinski definition) is 1. The molecule has 1 aromatic rings. The zero-order valence-electron chi connectivity index (χ0n) is 16.0. The van der Waals surface area contributed by atoms with E-state index in [4.69, 9.17) is 14.1 Å². The predicted molar refractivity (Wildman–Crippen MR) is 115 cm³/mol. The Labute approximate surface area is 174 Å².